The molecular weight excluding hydrogens is 330 g/mol. The molecule has 0 unspecified atom stereocenters. The lowest BCUT2D eigenvalue weighted by Gasteiger charge is -2.30. The van der Waals surface area contributed by atoms with Crippen LogP contribution in [0.4, 0.5) is 0 Å². The van der Waals surface area contributed by atoms with Crippen molar-refractivity contribution in [2.24, 2.45) is 0 Å². The first-order valence-electron chi connectivity index (χ1n) is 8.21. The summed E-state index contributed by atoms with van der Waals surface area (Å²) in [6.07, 6.45) is 5.97. The minimum Gasteiger partial charge on any atom is -0.484 e. The number of carbonyl (C=O) groups is 2. The predicted octanol–water partition coefficient (Wildman–Crippen LogP) is 2.13. The van der Waals surface area contributed by atoms with Crippen molar-refractivity contribution < 1.29 is 14.3 Å². The first-order valence-corrected chi connectivity index (χ1v) is 8.58. The Bertz CT molecular complexity index is 545. The number of carbonyl (C=O) groups excluding carboxylic acids is 2. The zero-order valence-electron chi connectivity index (χ0n) is 13.9. The van der Waals surface area contributed by atoms with Gasteiger partial charge >= 0.3 is 0 Å². The average molecular weight is 354 g/mol. The highest BCUT2D eigenvalue weighted by molar-refractivity contribution is 6.30. The van der Waals surface area contributed by atoms with E-state index in [4.69, 9.17) is 16.3 Å². The molecule has 0 radical (unpaired) electrons. The second kappa shape index (κ2) is 9.49. The van der Waals surface area contributed by atoms with Gasteiger partial charge in [0, 0.05) is 11.1 Å². The molecule has 132 valence electrons. The molecule has 0 bridgehead atoms. The molecule has 0 heterocycles. The molecule has 1 aliphatic rings. The molecule has 1 aromatic rings. The number of halogens is 1. The number of hydrazine groups is 1. The van der Waals surface area contributed by atoms with Gasteiger partial charge in [-0.2, -0.15) is 0 Å². The third-order valence-electron chi connectivity index (χ3n) is 4.12. The van der Waals surface area contributed by atoms with Gasteiger partial charge in [0.25, 0.3) is 11.8 Å². The van der Waals surface area contributed by atoms with E-state index < -0.39 is 5.91 Å². The van der Waals surface area contributed by atoms with Gasteiger partial charge in [-0.3, -0.25) is 25.3 Å². The van der Waals surface area contributed by atoms with Crippen LogP contribution in [0.1, 0.15) is 32.1 Å². The summed E-state index contributed by atoms with van der Waals surface area (Å²) in [5.41, 5.74) is 4.77. The second-order valence-electron chi connectivity index (χ2n) is 6.05. The monoisotopic (exact) mass is 353 g/mol. The van der Waals surface area contributed by atoms with Crippen LogP contribution in [0.2, 0.25) is 5.02 Å². The van der Waals surface area contributed by atoms with E-state index in [1.54, 1.807) is 24.3 Å². The Hall–Kier alpha value is -1.79. The third kappa shape index (κ3) is 6.37. The molecular formula is C17H24ClN3O3. The van der Waals surface area contributed by atoms with Crippen LogP contribution >= 0.6 is 11.6 Å². The number of nitrogens with one attached hydrogen (secondary N) is 2. The van der Waals surface area contributed by atoms with Gasteiger partial charge in [-0.05, 0) is 44.2 Å². The standard InChI is InChI=1S/C17H24ClN3O3/c1-21(14-5-3-2-4-6-14)11-16(22)19-20-17(23)12-24-15-9-7-13(18)8-10-15/h7-10,14H,2-6,11-12H2,1H3,(H,19,22)(H,20,23). The number of amides is 2. The van der Waals surface area contributed by atoms with Crippen LogP contribution in [0.5, 0.6) is 5.75 Å². The quantitative estimate of drug-likeness (QED) is 0.769. The van der Waals surface area contributed by atoms with Gasteiger partial charge in [-0.1, -0.05) is 30.9 Å². The lowest BCUT2D eigenvalue weighted by molar-refractivity contribution is -0.130. The van der Waals surface area contributed by atoms with Gasteiger partial charge in [0.1, 0.15) is 5.75 Å². The molecule has 1 aromatic carbocycles. The largest absolute Gasteiger partial charge is 0.484 e. The molecule has 0 aliphatic heterocycles. The van der Waals surface area contributed by atoms with Gasteiger partial charge in [0.2, 0.25) is 0 Å². The average Bonchev–Trinajstić information content (AvgIpc) is 2.60. The minimum absolute atomic E-state index is 0.180. The number of benzene rings is 1. The van der Waals surface area contributed by atoms with Crippen molar-refractivity contribution in [2.45, 2.75) is 38.1 Å². The molecule has 6 nitrogen and oxygen atoms in total. The van der Waals surface area contributed by atoms with E-state index in [1.165, 1.54) is 19.3 Å². The molecule has 2 amide bonds. The highest BCUT2D eigenvalue weighted by Crippen LogP contribution is 2.21. The van der Waals surface area contributed by atoms with Crippen molar-refractivity contribution in [1.29, 1.82) is 0 Å². The van der Waals surface area contributed by atoms with E-state index in [-0.39, 0.29) is 19.1 Å². The van der Waals surface area contributed by atoms with Crippen LogP contribution in [0, 0.1) is 0 Å². The van der Waals surface area contributed by atoms with Crippen molar-refractivity contribution in [3.05, 3.63) is 29.3 Å². The van der Waals surface area contributed by atoms with E-state index in [0.29, 0.717) is 16.8 Å². The molecule has 7 heteroatoms. The highest BCUT2D eigenvalue weighted by Gasteiger charge is 2.19. The number of hydrogen-bond donors (Lipinski definition) is 2. The summed E-state index contributed by atoms with van der Waals surface area (Å²) in [5, 5.41) is 0.598. The van der Waals surface area contributed by atoms with Crippen LogP contribution in [0.25, 0.3) is 0 Å². The topological polar surface area (TPSA) is 70.7 Å². The van der Waals surface area contributed by atoms with Crippen molar-refractivity contribution in [2.75, 3.05) is 20.2 Å². The normalized spacial score (nSPS) is 15.1. The zero-order valence-corrected chi connectivity index (χ0v) is 14.6. The Morgan fingerprint density at radius 2 is 1.75 bits per heavy atom. The molecule has 0 saturated heterocycles. The predicted molar refractivity (Wildman–Crippen MR) is 92.7 cm³/mol. The Balaban J connectivity index is 1.63. The molecule has 1 aliphatic carbocycles. The molecule has 0 spiro atoms. The number of hydrogen-bond acceptors (Lipinski definition) is 4. The molecule has 2 N–H and O–H groups in total. The van der Waals surface area contributed by atoms with E-state index >= 15 is 0 Å². The van der Waals surface area contributed by atoms with Crippen LogP contribution < -0.4 is 15.6 Å². The van der Waals surface area contributed by atoms with Crippen molar-refractivity contribution in [1.82, 2.24) is 15.8 Å². The van der Waals surface area contributed by atoms with Crippen molar-refractivity contribution in [3.63, 3.8) is 0 Å². The molecule has 2 rings (SSSR count). The summed E-state index contributed by atoms with van der Waals surface area (Å²) in [6, 6.07) is 7.16. The highest BCUT2D eigenvalue weighted by atomic mass is 35.5. The molecule has 0 atom stereocenters. The summed E-state index contributed by atoms with van der Waals surface area (Å²) in [4.78, 5) is 25.6. The molecule has 0 aromatic heterocycles. The lowest BCUT2D eigenvalue weighted by Crippen LogP contribution is -2.49. The first kappa shape index (κ1) is 18.5. The fraction of sp³-hybridized carbons (Fsp3) is 0.529. The van der Waals surface area contributed by atoms with Crippen LogP contribution in [-0.2, 0) is 9.59 Å². The van der Waals surface area contributed by atoms with Crippen LogP contribution in [0.3, 0.4) is 0 Å². The number of likely N-dealkylation sites (N-methyl/N-ethyl adjacent to an activating group) is 1. The summed E-state index contributed by atoms with van der Waals surface area (Å²) >= 11 is 5.77. The minimum atomic E-state index is -0.418. The Morgan fingerprint density at radius 3 is 2.42 bits per heavy atom. The zero-order chi connectivity index (χ0) is 17.4. The van der Waals surface area contributed by atoms with Crippen LogP contribution in [-0.4, -0.2) is 43.0 Å². The number of ether oxygens (including phenoxy) is 1. The Labute approximate surface area is 147 Å². The fourth-order valence-electron chi connectivity index (χ4n) is 2.77. The van der Waals surface area contributed by atoms with Crippen LogP contribution in [0.15, 0.2) is 24.3 Å². The smallest absolute Gasteiger partial charge is 0.276 e. The van der Waals surface area contributed by atoms with Gasteiger partial charge in [-0.25, -0.2) is 0 Å². The van der Waals surface area contributed by atoms with E-state index in [1.807, 2.05) is 11.9 Å². The Kier molecular flexibility index (Phi) is 7.34. The molecule has 1 fully saturated rings. The lowest BCUT2D eigenvalue weighted by atomic mass is 9.94. The fourth-order valence-corrected chi connectivity index (χ4v) is 2.90. The first-order chi connectivity index (χ1) is 11.5. The third-order valence-corrected chi connectivity index (χ3v) is 4.37. The molecule has 24 heavy (non-hydrogen) atoms. The van der Waals surface area contributed by atoms with Gasteiger partial charge in [0.05, 0.1) is 6.54 Å². The van der Waals surface area contributed by atoms with Gasteiger partial charge < -0.3 is 4.74 Å². The van der Waals surface area contributed by atoms with E-state index in [9.17, 15) is 9.59 Å². The maximum absolute atomic E-state index is 11.9. The summed E-state index contributed by atoms with van der Waals surface area (Å²) < 4.78 is 5.30. The van der Waals surface area contributed by atoms with Crippen molar-refractivity contribution >= 4 is 23.4 Å². The van der Waals surface area contributed by atoms with Gasteiger partial charge in [-0.15, -0.1) is 0 Å². The number of rotatable bonds is 6. The van der Waals surface area contributed by atoms with Crippen molar-refractivity contribution in [3.8, 4) is 5.75 Å². The number of nitrogens with zero attached hydrogens (tertiary/aromatic N) is 1. The second-order valence-corrected chi connectivity index (χ2v) is 6.48. The summed E-state index contributed by atoms with van der Waals surface area (Å²) in [6.45, 7) is 0.0867. The maximum Gasteiger partial charge on any atom is 0.276 e. The SMILES string of the molecule is CN(CC(=O)NNC(=O)COc1ccc(Cl)cc1)C1CCCCC1. The maximum atomic E-state index is 11.9. The summed E-state index contributed by atoms with van der Waals surface area (Å²) in [5.74, 6) is -0.112. The van der Waals surface area contributed by atoms with E-state index in [2.05, 4.69) is 10.9 Å². The Morgan fingerprint density at radius 1 is 1.12 bits per heavy atom. The summed E-state index contributed by atoms with van der Waals surface area (Å²) in [7, 11) is 1.95. The molecule has 1 saturated carbocycles. The van der Waals surface area contributed by atoms with E-state index in [0.717, 1.165) is 12.8 Å². The van der Waals surface area contributed by atoms with Gasteiger partial charge in [0.15, 0.2) is 6.61 Å².